The summed E-state index contributed by atoms with van der Waals surface area (Å²) in [4.78, 5) is 23.2. The number of rotatable bonds is 11. The fourth-order valence-corrected chi connectivity index (χ4v) is 6.46. The third-order valence-electron chi connectivity index (χ3n) is 8.90. The number of phenolic OH excluding ortho intramolecular Hbond substituents is 3. The molecule has 1 unspecified atom stereocenters. The highest BCUT2D eigenvalue weighted by Crippen LogP contribution is 2.54. The Morgan fingerprint density at radius 2 is 1.21 bits per heavy atom. The second kappa shape index (κ2) is 12.1. The summed E-state index contributed by atoms with van der Waals surface area (Å²) < 4.78 is 16.2. The van der Waals surface area contributed by atoms with Gasteiger partial charge in [-0.3, -0.25) is 9.59 Å². The monoisotopic (exact) mass is 584 g/mol. The lowest BCUT2D eigenvalue weighted by Gasteiger charge is -2.45. The van der Waals surface area contributed by atoms with Gasteiger partial charge in [0, 0.05) is 41.5 Å². The standard InChI is InChI=1S/C34H48O8/c1-31(2,14-10-12-29(38)40-8)21-16-27(37)23(17-25(21)35)34(7)20-33(5,6)24-18-26(36)22(19-28(24)42-34)32(3,4)15-11-13-30(39)41-9/h16-19,35-37H,10-15,20H2,1-9H3. The molecule has 8 heteroatoms. The molecule has 1 aliphatic rings. The van der Waals surface area contributed by atoms with Crippen molar-refractivity contribution in [1.29, 1.82) is 0 Å². The molecule has 0 aliphatic carbocycles. The molecule has 0 saturated carbocycles. The number of esters is 2. The Kier molecular flexibility index (Phi) is 9.50. The largest absolute Gasteiger partial charge is 0.508 e. The molecule has 0 spiro atoms. The summed E-state index contributed by atoms with van der Waals surface area (Å²) in [6.07, 6.45) is 3.54. The van der Waals surface area contributed by atoms with E-state index in [9.17, 15) is 24.9 Å². The van der Waals surface area contributed by atoms with Crippen LogP contribution in [0.15, 0.2) is 24.3 Å². The predicted molar refractivity (Wildman–Crippen MR) is 161 cm³/mol. The van der Waals surface area contributed by atoms with Crippen molar-refractivity contribution >= 4 is 11.9 Å². The van der Waals surface area contributed by atoms with E-state index >= 15 is 0 Å². The third-order valence-corrected chi connectivity index (χ3v) is 8.90. The zero-order valence-corrected chi connectivity index (χ0v) is 26.6. The molecule has 8 nitrogen and oxygen atoms in total. The van der Waals surface area contributed by atoms with Gasteiger partial charge in [-0.25, -0.2) is 0 Å². The number of methoxy groups -OCH3 is 2. The quantitative estimate of drug-likeness (QED) is 0.190. The fraction of sp³-hybridized carbons (Fsp3) is 0.588. The first-order chi connectivity index (χ1) is 19.4. The molecule has 0 saturated heterocycles. The van der Waals surface area contributed by atoms with E-state index in [1.807, 2.05) is 40.7 Å². The molecule has 0 radical (unpaired) electrons. The zero-order valence-electron chi connectivity index (χ0n) is 26.6. The number of benzene rings is 2. The van der Waals surface area contributed by atoms with Crippen molar-refractivity contribution in [3.63, 3.8) is 0 Å². The molecule has 1 heterocycles. The van der Waals surface area contributed by atoms with E-state index in [4.69, 9.17) is 14.2 Å². The second-order valence-corrected chi connectivity index (χ2v) is 13.8. The number of fused-ring (bicyclic) bond motifs is 1. The molecule has 1 atom stereocenters. The highest BCUT2D eigenvalue weighted by atomic mass is 16.5. The summed E-state index contributed by atoms with van der Waals surface area (Å²) in [5.74, 6) is 0.315. The average molecular weight is 585 g/mol. The average Bonchev–Trinajstić information content (AvgIpc) is 2.88. The van der Waals surface area contributed by atoms with Crippen molar-refractivity contribution in [1.82, 2.24) is 0 Å². The molecule has 1 aliphatic heterocycles. The molecular formula is C34H48O8. The summed E-state index contributed by atoms with van der Waals surface area (Å²) in [5.41, 5.74) is 0.279. The van der Waals surface area contributed by atoms with Crippen LogP contribution in [0.4, 0.5) is 0 Å². The molecule has 2 aromatic rings. The van der Waals surface area contributed by atoms with Crippen molar-refractivity contribution in [3.8, 4) is 23.0 Å². The van der Waals surface area contributed by atoms with Crippen molar-refractivity contribution < 1.29 is 39.1 Å². The van der Waals surface area contributed by atoms with Gasteiger partial charge in [0.05, 0.1) is 14.2 Å². The first-order valence-electron chi connectivity index (χ1n) is 14.6. The van der Waals surface area contributed by atoms with Crippen LogP contribution in [0.5, 0.6) is 23.0 Å². The number of carbonyl (C=O) groups excluding carboxylic acids is 2. The van der Waals surface area contributed by atoms with E-state index in [1.54, 1.807) is 18.2 Å². The van der Waals surface area contributed by atoms with E-state index in [-0.39, 0.29) is 35.6 Å². The molecule has 42 heavy (non-hydrogen) atoms. The van der Waals surface area contributed by atoms with Crippen molar-refractivity contribution in [2.24, 2.45) is 0 Å². The van der Waals surface area contributed by atoms with Crippen molar-refractivity contribution in [2.45, 2.75) is 115 Å². The fourth-order valence-electron chi connectivity index (χ4n) is 6.46. The maximum absolute atomic E-state index is 11.6. The molecule has 0 bridgehead atoms. The van der Waals surface area contributed by atoms with E-state index in [1.165, 1.54) is 14.2 Å². The van der Waals surface area contributed by atoms with Crippen molar-refractivity contribution in [2.75, 3.05) is 14.2 Å². The van der Waals surface area contributed by atoms with Gasteiger partial charge in [-0.15, -0.1) is 0 Å². The molecule has 3 N–H and O–H groups in total. The Hall–Kier alpha value is -3.42. The predicted octanol–water partition coefficient (Wildman–Crippen LogP) is 7.02. The van der Waals surface area contributed by atoms with Gasteiger partial charge < -0.3 is 29.5 Å². The Morgan fingerprint density at radius 3 is 1.69 bits per heavy atom. The molecule has 0 aromatic heterocycles. The topological polar surface area (TPSA) is 123 Å². The zero-order chi connectivity index (χ0) is 31.7. The number of aromatic hydroxyl groups is 3. The Morgan fingerprint density at radius 1 is 0.762 bits per heavy atom. The third kappa shape index (κ3) is 6.96. The number of carbonyl (C=O) groups is 2. The van der Waals surface area contributed by atoms with Crippen molar-refractivity contribution in [3.05, 3.63) is 46.5 Å². The first kappa shape index (κ1) is 33.1. The molecule has 232 valence electrons. The molecule has 0 fully saturated rings. The Labute approximate surface area is 250 Å². The van der Waals surface area contributed by atoms with Gasteiger partial charge in [0.1, 0.15) is 28.6 Å². The van der Waals surface area contributed by atoms with Crippen LogP contribution in [0.3, 0.4) is 0 Å². The number of phenols is 3. The molecule has 2 aromatic carbocycles. The minimum atomic E-state index is -0.977. The minimum Gasteiger partial charge on any atom is -0.508 e. The van der Waals surface area contributed by atoms with Crippen LogP contribution in [0.25, 0.3) is 0 Å². The number of hydrogen-bond donors (Lipinski definition) is 3. The summed E-state index contributed by atoms with van der Waals surface area (Å²) in [7, 11) is 2.74. The van der Waals surface area contributed by atoms with Gasteiger partial charge in [0.15, 0.2) is 0 Å². The maximum Gasteiger partial charge on any atom is 0.305 e. The van der Waals surface area contributed by atoms with Crippen LogP contribution < -0.4 is 4.74 Å². The SMILES string of the molecule is COC(=O)CCCC(C)(C)c1cc(O)c(C2(C)CC(C)(C)c3cc(O)c(C(C)(C)CCCC(=O)OC)cc3O2)cc1O. The van der Waals surface area contributed by atoms with E-state index in [0.29, 0.717) is 61.0 Å². The number of ether oxygens (including phenoxy) is 3. The van der Waals surface area contributed by atoms with Gasteiger partial charge in [0.25, 0.3) is 0 Å². The lowest BCUT2D eigenvalue weighted by atomic mass is 9.69. The van der Waals surface area contributed by atoms with E-state index in [2.05, 4.69) is 13.8 Å². The molecular weight excluding hydrogens is 536 g/mol. The lowest BCUT2D eigenvalue weighted by molar-refractivity contribution is -0.141. The van der Waals surface area contributed by atoms with Crippen LogP contribution in [-0.4, -0.2) is 41.5 Å². The lowest BCUT2D eigenvalue weighted by Crippen LogP contribution is -2.42. The van der Waals surface area contributed by atoms with Gasteiger partial charge in [-0.1, -0.05) is 41.5 Å². The van der Waals surface area contributed by atoms with Crippen LogP contribution in [0, 0.1) is 0 Å². The van der Waals surface area contributed by atoms with Gasteiger partial charge in [-0.2, -0.15) is 0 Å². The highest BCUT2D eigenvalue weighted by Gasteiger charge is 2.46. The van der Waals surface area contributed by atoms with E-state index < -0.39 is 21.8 Å². The van der Waals surface area contributed by atoms with Crippen LogP contribution >= 0.6 is 0 Å². The highest BCUT2D eigenvalue weighted by molar-refractivity contribution is 5.69. The smallest absolute Gasteiger partial charge is 0.305 e. The first-order valence-corrected chi connectivity index (χ1v) is 14.6. The van der Waals surface area contributed by atoms with Crippen LogP contribution in [0.2, 0.25) is 0 Å². The minimum absolute atomic E-state index is 0.0211. The van der Waals surface area contributed by atoms with E-state index in [0.717, 1.165) is 5.56 Å². The molecule has 0 amide bonds. The summed E-state index contributed by atoms with van der Waals surface area (Å²) in [5, 5.41) is 33.6. The van der Waals surface area contributed by atoms with Gasteiger partial charge in [0.2, 0.25) is 0 Å². The van der Waals surface area contributed by atoms with Gasteiger partial charge >= 0.3 is 11.9 Å². The Balaban J connectivity index is 1.96. The van der Waals surface area contributed by atoms with Crippen LogP contribution in [-0.2, 0) is 40.9 Å². The van der Waals surface area contributed by atoms with Gasteiger partial charge in [-0.05, 0) is 73.1 Å². The summed E-state index contributed by atoms with van der Waals surface area (Å²) in [6.45, 7) is 14.0. The maximum atomic E-state index is 11.6. The Bertz CT molecular complexity index is 1320. The normalized spacial score (nSPS) is 18.1. The number of hydrogen-bond acceptors (Lipinski definition) is 8. The summed E-state index contributed by atoms with van der Waals surface area (Å²) in [6, 6.07) is 6.83. The molecule has 3 rings (SSSR count). The van der Waals surface area contributed by atoms with Crippen LogP contribution in [0.1, 0.15) is 116 Å². The summed E-state index contributed by atoms with van der Waals surface area (Å²) >= 11 is 0. The second-order valence-electron chi connectivity index (χ2n) is 13.8.